The summed E-state index contributed by atoms with van der Waals surface area (Å²) < 4.78 is 15.9. The second-order valence-corrected chi connectivity index (χ2v) is 5.14. The first-order chi connectivity index (χ1) is 9.65. The van der Waals surface area contributed by atoms with Crippen LogP contribution in [0.15, 0.2) is 10.6 Å². The van der Waals surface area contributed by atoms with Crippen LogP contribution in [-0.2, 0) is 20.8 Å². The maximum absolute atomic E-state index is 11.9. The first-order valence-electron chi connectivity index (χ1n) is 7.00. The lowest BCUT2D eigenvalue weighted by molar-refractivity contribution is -0.131. The molecule has 1 aliphatic heterocycles. The lowest BCUT2D eigenvalue weighted by Gasteiger charge is -2.16. The van der Waals surface area contributed by atoms with Crippen LogP contribution >= 0.6 is 0 Å². The summed E-state index contributed by atoms with van der Waals surface area (Å²) in [6.45, 7) is 4.13. The van der Waals surface area contributed by atoms with E-state index < -0.39 is 0 Å². The van der Waals surface area contributed by atoms with Gasteiger partial charge in [-0.3, -0.25) is 4.79 Å². The smallest absolute Gasteiger partial charge is 0.224 e. The molecule has 1 amide bonds. The Kier molecular flexibility index (Phi) is 5.55. The summed E-state index contributed by atoms with van der Waals surface area (Å²) in [5.41, 5.74) is 0.763. The fourth-order valence-corrected chi connectivity index (χ4v) is 2.16. The molecular weight excluding hydrogens is 260 g/mol. The number of aromatic nitrogens is 1. The van der Waals surface area contributed by atoms with Crippen molar-refractivity contribution in [3.8, 4) is 0 Å². The highest BCUT2D eigenvalue weighted by Gasteiger charge is 2.16. The number of hydrogen-bond donors (Lipinski definition) is 0. The van der Waals surface area contributed by atoms with Gasteiger partial charge in [-0.05, 0) is 19.8 Å². The Bertz CT molecular complexity index is 427. The zero-order valence-corrected chi connectivity index (χ0v) is 12.1. The first-order valence-corrected chi connectivity index (χ1v) is 7.00. The summed E-state index contributed by atoms with van der Waals surface area (Å²) in [7, 11) is 1.76. The lowest BCUT2D eigenvalue weighted by atomic mass is 10.2. The van der Waals surface area contributed by atoms with Crippen molar-refractivity contribution < 1.29 is 18.8 Å². The van der Waals surface area contributed by atoms with Crippen LogP contribution in [0.25, 0.3) is 0 Å². The van der Waals surface area contributed by atoms with Gasteiger partial charge in [-0.1, -0.05) is 5.16 Å². The van der Waals surface area contributed by atoms with E-state index in [0.717, 1.165) is 30.9 Å². The number of aryl methyl sites for hydroxylation is 1. The highest BCUT2D eigenvalue weighted by molar-refractivity contribution is 5.75. The second kappa shape index (κ2) is 7.40. The van der Waals surface area contributed by atoms with Gasteiger partial charge in [0, 0.05) is 19.7 Å². The van der Waals surface area contributed by atoms with Gasteiger partial charge in [0.05, 0.1) is 32.3 Å². The van der Waals surface area contributed by atoms with Crippen molar-refractivity contribution in [1.82, 2.24) is 10.1 Å². The fourth-order valence-electron chi connectivity index (χ4n) is 2.16. The number of nitrogens with zero attached hydrogens (tertiary/aromatic N) is 2. The maximum atomic E-state index is 11.9. The van der Waals surface area contributed by atoms with Crippen molar-refractivity contribution in [3.05, 3.63) is 17.5 Å². The number of amides is 1. The van der Waals surface area contributed by atoms with Gasteiger partial charge in [0.25, 0.3) is 0 Å². The second-order valence-electron chi connectivity index (χ2n) is 5.14. The summed E-state index contributed by atoms with van der Waals surface area (Å²) in [6.07, 6.45) is 2.74. The molecule has 112 valence electrons. The third kappa shape index (κ3) is 4.61. The third-order valence-electron chi connectivity index (χ3n) is 3.29. The SMILES string of the molecule is Cc1cc(CN(C)C(=O)CCOCC2CCCO2)no1. The normalized spacial score (nSPS) is 18.4. The lowest BCUT2D eigenvalue weighted by Crippen LogP contribution is -2.27. The number of hydrogen-bond acceptors (Lipinski definition) is 5. The van der Waals surface area contributed by atoms with Crippen molar-refractivity contribution in [3.63, 3.8) is 0 Å². The fraction of sp³-hybridized carbons (Fsp3) is 0.714. The van der Waals surface area contributed by atoms with Crippen LogP contribution < -0.4 is 0 Å². The molecule has 0 aliphatic carbocycles. The third-order valence-corrected chi connectivity index (χ3v) is 3.29. The van der Waals surface area contributed by atoms with Crippen LogP contribution in [0.1, 0.15) is 30.7 Å². The molecule has 2 heterocycles. The van der Waals surface area contributed by atoms with Crippen molar-refractivity contribution in [1.29, 1.82) is 0 Å². The van der Waals surface area contributed by atoms with Crippen molar-refractivity contribution in [2.45, 2.75) is 38.8 Å². The highest BCUT2D eigenvalue weighted by Crippen LogP contribution is 2.12. The van der Waals surface area contributed by atoms with Crippen molar-refractivity contribution in [2.75, 3.05) is 26.9 Å². The number of carbonyl (C=O) groups is 1. The molecular formula is C14H22N2O4. The van der Waals surface area contributed by atoms with E-state index in [9.17, 15) is 4.79 Å². The molecule has 20 heavy (non-hydrogen) atoms. The Morgan fingerprint density at radius 1 is 1.60 bits per heavy atom. The zero-order valence-electron chi connectivity index (χ0n) is 12.1. The topological polar surface area (TPSA) is 64.8 Å². The van der Waals surface area contributed by atoms with Gasteiger partial charge in [-0.2, -0.15) is 0 Å². The zero-order chi connectivity index (χ0) is 14.4. The quantitative estimate of drug-likeness (QED) is 0.710. The molecule has 1 aliphatic rings. The number of carbonyl (C=O) groups excluding carboxylic acids is 1. The summed E-state index contributed by atoms with van der Waals surface area (Å²) in [4.78, 5) is 13.5. The minimum atomic E-state index is 0.0398. The molecule has 0 N–H and O–H groups in total. The summed E-state index contributed by atoms with van der Waals surface area (Å²) >= 11 is 0. The van der Waals surface area contributed by atoms with Gasteiger partial charge in [0.2, 0.25) is 5.91 Å². The van der Waals surface area contributed by atoms with Crippen LogP contribution in [0.2, 0.25) is 0 Å². The Hall–Kier alpha value is -1.40. The summed E-state index contributed by atoms with van der Waals surface area (Å²) in [5.74, 6) is 0.790. The van der Waals surface area contributed by atoms with Gasteiger partial charge in [0.15, 0.2) is 0 Å². The van der Waals surface area contributed by atoms with Gasteiger partial charge >= 0.3 is 0 Å². The molecule has 1 aromatic heterocycles. The average Bonchev–Trinajstić information content (AvgIpc) is 3.06. The molecule has 1 fully saturated rings. The molecule has 1 aromatic rings. The molecule has 2 rings (SSSR count). The number of ether oxygens (including phenoxy) is 2. The molecule has 0 radical (unpaired) electrons. The maximum Gasteiger partial charge on any atom is 0.224 e. The van der Waals surface area contributed by atoms with Gasteiger partial charge in [-0.25, -0.2) is 0 Å². The van der Waals surface area contributed by atoms with E-state index in [1.165, 1.54) is 0 Å². The van der Waals surface area contributed by atoms with E-state index in [0.29, 0.717) is 26.2 Å². The molecule has 0 bridgehead atoms. The molecule has 6 nitrogen and oxygen atoms in total. The van der Waals surface area contributed by atoms with E-state index >= 15 is 0 Å². The van der Waals surface area contributed by atoms with Crippen LogP contribution in [0.5, 0.6) is 0 Å². The van der Waals surface area contributed by atoms with Crippen LogP contribution in [-0.4, -0.2) is 48.9 Å². The van der Waals surface area contributed by atoms with Crippen LogP contribution in [0.3, 0.4) is 0 Å². The minimum absolute atomic E-state index is 0.0398. The molecule has 0 saturated carbocycles. The Morgan fingerprint density at radius 3 is 3.10 bits per heavy atom. The van der Waals surface area contributed by atoms with Gasteiger partial charge in [0.1, 0.15) is 11.5 Å². The minimum Gasteiger partial charge on any atom is -0.378 e. The largest absolute Gasteiger partial charge is 0.378 e. The average molecular weight is 282 g/mol. The number of rotatable bonds is 7. The molecule has 0 aromatic carbocycles. The van der Waals surface area contributed by atoms with E-state index in [2.05, 4.69) is 5.16 Å². The molecule has 6 heteroatoms. The monoisotopic (exact) mass is 282 g/mol. The van der Waals surface area contributed by atoms with Gasteiger partial charge < -0.3 is 18.9 Å². The summed E-state index contributed by atoms with van der Waals surface area (Å²) in [6, 6.07) is 1.83. The predicted octanol–water partition coefficient (Wildman–Crippen LogP) is 1.53. The molecule has 1 atom stereocenters. The Morgan fingerprint density at radius 2 is 2.45 bits per heavy atom. The van der Waals surface area contributed by atoms with E-state index in [-0.39, 0.29) is 12.0 Å². The molecule has 1 unspecified atom stereocenters. The van der Waals surface area contributed by atoms with E-state index in [4.69, 9.17) is 14.0 Å². The summed E-state index contributed by atoms with van der Waals surface area (Å²) in [5, 5.41) is 3.87. The van der Waals surface area contributed by atoms with E-state index in [1.807, 2.05) is 13.0 Å². The van der Waals surface area contributed by atoms with Crippen LogP contribution in [0, 0.1) is 6.92 Å². The standard InChI is InChI=1S/C14H22N2O4/c1-11-8-12(15-20-11)9-16(2)14(17)5-7-18-10-13-4-3-6-19-13/h8,13H,3-7,9-10H2,1-2H3. The van der Waals surface area contributed by atoms with E-state index in [1.54, 1.807) is 11.9 Å². The van der Waals surface area contributed by atoms with Crippen LogP contribution in [0.4, 0.5) is 0 Å². The van der Waals surface area contributed by atoms with Crippen molar-refractivity contribution >= 4 is 5.91 Å². The Labute approximate surface area is 119 Å². The highest BCUT2D eigenvalue weighted by atomic mass is 16.5. The Balaban J connectivity index is 1.61. The molecule has 1 saturated heterocycles. The predicted molar refractivity (Wildman–Crippen MR) is 72.1 cm³/mol. The molecule has 0 spiro atoms. The first kappa shape index (κ1) is 15.0. The van der Waals surface area contributed by atoms with Crippen molar-refractivity contribution in [2.24, 2.45) is 0 Å². The van der Waals surface area contributed by atoms with Gasteiger partial charge in [-0.15, -0.1) is 0 Å².